The van der Waals surface area contributed by atoms with Gasteiger partial charge in [-0.05, 0) is 18.1 Å². The van der Waals surface area contributed by atoms with Crippen LogP contribution in [0, 0.1) is 0 Å². The second-order valence-electron chi connectivity index (χ2n) is 3.64. The van der Waals surface area contributed by atoms with Gasteiger partial charge in [-0.15, -0.1) is 11.8 Å². The Kier molecular flexibility index (Phi) is 6.08. The van der Waals surface area contributed by atoms with Gasteiger partial charge in [0, 0.05) is 10.6 Å². The summed E-state index contributed by atoms with van der Waals surface area (Å²) in [6.45, 7) is 1.95. The maximum Gasteiger partial charge on any atom is 0.306 e. The minimum atomic E-state index is -0.433. The summed E-state index contributed by atoms with van der Waals surface area (Å²) < 4.78 is 4.59. The van der Waals surface area contributed by atoms with Crippen molar-refractivity contribution in [2.45, 2.75) is 30.8 Å². The molecule has 0 saturated heterocycles. The first-order valence-corrected chi connectivity index (χ1v) is 6.64. The number of carbonyl (C=O) groups excluding carboxylic acids is 1. The van der Waals surface area contributed by atoms with E-state index in [1.54, 1.807) is 11.8 Å². The van der Waals surface area contributed by atoms with E-state index in [1.165, 1.54) is 7.11 Å². The van der Waals surface area contributed by atoms with Crippen molar-refractivity contribution in [3.8, 4) is 0 Å². The molecule has 0 radical (unpaired) electrons. The Balaban J connectivity index is 2.61. The Bertz CT molecular complexity index is 365. The number of rotatable bonds is 6. The smallest absolute Gasteiger partial charge is 0.306 e. The van der Waals surface area contributed by atoms with E-state index in [9.17, 15) is 9.90 Å². The minimum Gasteiger partial charge on any atom is -0.469 e. The number of ether oxygens (including phenoxy) is 1. The van der Waals surface area contributed by atoms with Gasteiger partial charge in [-0.25, -0.2) is 0 Å². The summed E-state index contributed by atoms with van der Waals surface area (Å²) in [5.74, 6) is 0.464. The Morgan fingerprint density at radius 2 is 2.18 bits per heavy atom. The molecule has 0 saturated carbocycles. The molecule has 1 rings (SSSR count). The van der Waals surface area contributed by atoms with Crippen molar-refractivity contribution in [1.82, 2.24) is 0 Å². The lowest BCUT2D eigenvalue weighted by Gasteiger charge is -2.13. The number of thioether (sulfide) groups is 1. The average Bonchev–Trinajstić information content (AvgIpc) is 2.38. The number of esters is 1. The first-order chi connectivity index (χ1) is 8.19. The molecule has 0 fully saturated rings. The van der Waals surface area contributed by atoms with Crippen LogP contribution in [0.25, 0.3) is 0 Å². The zero-order valence-electron chi connectivity index (χ0n) is 10.2. The quantitative estimate of drug-likeness (QED) is 0.626. The van der Waals surface area contributed by atoms with Crippen LogP contribution in [-0.4, -0.2) is 23.9 Å². The molecule has 0 aliphatic rings. The molecule has 1 N–H and O–H groups in total. The lowest BCUT2D eigenvalue weighted by Crippen LogP contribution is -2.02. The summed E-state index contributed by atoms with van der Waals surface area (Å²) in [5.41, 5.74) is 0.935. The van der Waals surface area contributed by atoms with Crippen molar-refractivity contribution < 1.29 is 14.6 Å². The number of carbonyl (C=O) groups is 1. The van der Waals surface area contributed by atoms with Crippen molar-refractivity contribution in [3.05, 3.63) is 29.8 Å². The molecule has 0 spiro atoms. The second-order valence-corrected chi connectivity index (χ2v) is 4.77. The van der Waals surface area contributed by atoms with Crippen molar-refractivity contribution >= 4 is 17.7 Å². The topological polar surface area (TPSA) is 46.5 Å². The lowest BCUT2D eigenvalue weighted by molar-refractivity contribution is -0.140. The van der Waals surface area contributed by atoms with Crippen molar-refractivity contribution in [2.75, 3.05) is 12.9 Å². The van der Waals surface area contributed by atoms with Crippen molar-refractivity contribution in [2.24, 2.45) is 0 Å². The summed E-state index contributed by atoms with van der Waals surface area (Å²) in [4.78, 5) is 12.0. The van der Waals surface area contributed by atoms with E-state index in [0.29, 0.717) is 18.6 Å². The van der Waals surface area contributed by atoms with Gasteiger partial charge in [-0.2, -0.15) is 0 Å². The van der Waals surface area contributed by atoms with Gasteiger partial charge in [0.25, 0.3) is 0 Å². The van der Waals surface area contributed by atoms with Gasteiger partial charge >= 0.3 is 5.97 Å². The molecule has 0 unspecified atom stereocenters. The van der Waals surface area contributed by atoms with Crippen LogP contribution in [0.3, 0.4) is 0 Å². The van der Waals surface area contributed by atoms with E-state index in [4.69, 9.17) is 0 Å². The molecule has 17 heavy (non-hydrogen) atoms. The average molecular weight is 254 g/mol. The van der Waals surface area contributed by atoms with Crippen LogP contribution in [-0.2, 0) is 9.53 Å². The molecule has 0 aliphatic carbocycles. The van der Waals surface area contributed by atoms with E-state index in [2.05, 4.69) is 4.74 Å². The van der Waals surface area contributed by atoms with Crippen molar-refractivity contribution in [1.29, 1.82) is 0 Å². The number of aliphatic hydroxyl groups excluding tert-OH is 1. The Morgan fingerprint density at radius 3 is 2.82 bits per heavy atom. The predicted octanol–water partition coefficient (Wildman–Crippen LogP) is 2.79. The SMILES string of the molecule is CC[C@@H](O)c1ccccc1SCCC(=O)OC. The monoisotopic (exact) mass is 254 g/mol. The first-order valence-electron chi connectivity index (χ1n) is 5.65. The third kappa shape index (κ3) is 4.40. The molecule has 4 heteroatoms. The summed E-state index contributed by atoms with van der Waals surface area (Å²) in [7, 11) is 1.39. The van der Waals surface area contributed by atoms with E-state index in [0.717, 1.165) is 10.5 Å². The largest absolute Gasteiger partial charge is 0.469 e. The highest BCUT2D eigenvalue weighted by atomic mass is 32.2. The van der Waals surface area contributed by atoms with Crippen LogP contribution in [0.4, 0.5) is 0 Å². The highest BCUT2D eigenvalue weighted by Gasteiger charge is 2.10. The lowest BCUT2D eigenvalue weighted by atomic mass is 10.1. The molecule has 94 valence electrons. The van der Waals surface area contributed by atoms with Gasteiger partial charge in [0.15, 0.2) is 0 Å². The van der Waals surface area contributed by atoms with Crippen LogP contribution < -0.4 is 0 Å². The van der Waals surface area contributed by atoms with Crippen LogP contribution in [0.2, 0.25) is 0 Å². The fraction of sp³-hybridized carbons (Fsp3) is 0.462. The second kappa shape index (κ2) is 7.35. The number of aliphatic hydroxyl groups is 1. The highest BCUT2D eigenvalue weighted by Crippen LogP contribution is 2.29. The Hall–Kier alpha value is -1.00. The van der Waals surface area contributed by atoms with Crippen LogP contribution >= 0.6 is 11.8 Å². The molecule has 0 bridgehead atoms. The fourth-order valence-electron chi connectivity index (χ4n) is 1.45. The van der Waals surface area contributed by atoms with Crippen LogP contribution in [0.15, 0.2) is 29.2 Å². The molecular weight excluding hydrogens is 236 g/mol. The number of methoxy groups -OCH3 is 1. The van der Waals surface area contributed by atoms with Gasteiger partial charge in [-0.1, -0.05) is 25.1 Å². The molecule has 1 atom stereocenters. The molecule has 1 aromatic rings. The Morgan fingerprint density at radius 1 is 1.47 bits per heavy atom. The fourth-order valence-corrected chi connectivity index (χ4v) is 2.49. The van der Waals surface area contributed by atoms with Gasteiger partial charge in [0.1, 0.15) is 0 Å². The molecule has 3 nitrogen and oxygen atoms in total. The summed E-state index contributed by atoms with van der Waals surface area (Å²) in [6, 6.07) is 7.75. The molecule has 0 heterocycles. The van der Waals surface area contributed by atoms with Crippen LogP contribution in [0.1, 0.15) is 31.4 Å². The van der Waals surface area contributed by atoms with E-state index < -0.39 is 6.10 Å². The molecular formula is C13H18O3S. The van der Waals surface area contributed by atoms with Gasteiger partial charge in [0.2, 0.25) is 0 Å². The number of benzene rings is 1. The van der Waals surface area contributed by atoms with Gasteiger partial charge in [-0.3, -0.25) is 4.79 Å². The summed E-state index contributed by atoms with van der Waals surface area (Å²) in [6.07, 6.45) is 0.642. The third-order valence-electron chi connectivity index (χ3n) is 2.46. The van der Waals surface area contributed by atoms with E-state index in [1.807, 2.05) is 31.2 Å². The highest BCUT2D eigenvalue weighted by molar-refractivity contribution is 7.99. The predicted molar refractivity (Wildman–Crippen MR) is 69.0 cm³/mol. The Labute approximate surface area is 106 Å². The zero-order valence-corrected chi connectivity index (χ0v) is 11.0. The molecule has 0 aromatic heterocycles. The van der Waals surface area contributed by atoms with E-state index in [-0.39, 0.29) is 5.97 Å². The standard InChI is InChI=1S/C13H18O3S/c1-3-11(14)10-6-4-5-7-12(10)17-9-8-13(15)16-2/h4-7,11,14H,3,8-9H2,1-2H3/t11-/m1/s1. The zero-order chi connectivity index (χ0) is 12.7. The van der Waals surface area contributed by atoms with Gasteiger partial charge < -0.3 is 9.84 Å². The summed E-state index contributed by atoms with van der Waals surface area (Å²) >= 11 is 1.57. The number of hydrogen-bond acceptors (Lipinski definition) is 4. The maximum atomic E-state index is 11.0. The van der Waals surface area contributed by atoms with Gasteiger partial charge in [0.05, 0.1) is 19.6 Å². The molecule has 0 aliphatic heterocycles. The molecule has 1 aromatic carbocycles. The number of hydrogen-bond donors (Lipinski definition) is 1. The minimum absolute atomic E-state index is 0.203. The third-order valence-corrected chi connectivity index (χ3v) is 3.55. The van der Waals surface area contributed by atoms with E-state index >= 15 is 0 Å². The first kappa shape index (κ1) is 14.1. The van der Waals surface area contributed by atoms with Crippen molar-refractivity contribution in [3.63, 3.8) is 0 Å². The summed E-state index contributed by atoms with van der Waals surface area (Å²) in [5, 5.41) is 9.86. The normalized spacial score (nSPS) is 12.2. The van der Waals surface area contributed by atoms with Crippen LogP contribution in [0.5, 0.6) is 0 Å². The molecule has 0 amide bonds. The maximum absolute atomic E-state index is 11.0.